The van der Waals surface area contributed by atoms with E-state index in [9.17, 15) is 18.0 Å². The number of aromatic nitrogens is 2. The smallest absolute Gasteiger partial charge is 0.340 e. The molecule has 1 aliphatic heterocycles. The summed E-state index contributed by atoms with van der Waals surface area (Å²) in [6.45, 7) is 0.665. The van der Waals surface area contributed by atoms with Gasteiger partial charge in [0.25, 0.3) is 5.91 Å². The normalized spacial score (nSPS) is 20.6. The molecule has 4 nitrogen and oxygen atoms in total. The number of carbonyl (C=O) groups is 1. The van der Waals surface area contributed by atoms with E-state index in [0.29, 0.717) is 19.4 Å². The number of carbonyl (C=O) groups excluding carboxylic acids is 1. The van der Waals surface area contributed by atoms with Crippen LogP contribution in [0.3, 0.4) is 0 Å². The highest BCUT2D eigenvalue weighted by Gasteiger charge is 2.35. The Labute approximate surface area is 109 Å². The molecule has 2 heterocycles. The summed E-state index contributed by atoms with van der Waals surface area (Å²) in [4.78, 5) is 17.5. The van der Waals surface area contributed by atoms with E-state index in [2.05, 4.69) is 4.98 Å². The topological polar surface area (TPSA) is 38.1 Å². The Hall–Kier alpha value is -1.53. The predicted octanol–water partition coefficient (Wildman–Crippen LogP) is 2.22. The fraction of sp³-hybridized carbons (Fsp3) is 0.667. The van der Waals surface area contributed by atoms with Crippen LogP contribution in [0.2, 0.25) is 0 Å². The SMILES string of the molecule is Cn1cnc(C(=O)N2CCC[C@@H](CC(F)(F)F)C2)c1. The molecule has 106 valence electrons. The van der Waals surface area contributed by atoms with E-state index in [1.165, 1.54) is 11.2 Å². The molecular formula is C12H16F3N3O. The van der Waals surface area contributed by atoms with Crippen LogP contribution in [0, 0.1) is 5.92 Å². The van der Waals surface area contributed by atoms with Crippen LogP contribution in [0.4, 0.5) is 13.2 Å². The second-order valence-corrected chi connectivity index (χ2v) is 5.00. The van der Waals surface area contributed by atoms with E-state index in [4.69, 9.17) is 0 Å². The Morgan fingerprint density at radius 2 is 2.26 bits per heavy atom. The van der Waals surface area contributed by atoms with Gasteiger partial charge in [0.2, 0.25) is 0 Å². The third kappa shape index (κ3) is 3.71. The standard InChI is InChI=1S/C12H16F3N3O/c1-17-7-10(16-8-17)11(19)18-4-2-3-9(6-18)5-12(13,14)15/h7-9H,2-6H2,1H3/t9-/m0/s1. The number of likely N-dealkylation sites (tertiary alicyclic amines) is 1. The molecule has 1 amide bonds. The van der Waals surface area contributed by atoms with Gasteiger partial charge in [-0.05, 0) is 18.8 Å². The molecule has 2 rings (SSSR count). The lowest BCUT2D eigenvalue weighted by Gasteiger charge is -2.32. The van der Waals surface area contributed by atoms with E-state index >= 15 is 0 Å². The van der Waals surface area contributed by atoms with Crippen molar-refractivity contribution in [2.24, 2.45) is 13.0 Å². The van der Waals surface area contributed by atoms with Crippen LogP contribution in [0.25, 0.3) is 0 Å². The summed E-state index contributed by atoms with van der Waals surface area (Å²) < 4.78 is 38.8. The van der Waals surface area contributed by atoms with E-state index in [1.54, 1.807) is 17.8 Å². The van der Waals surface area contributed by atoms with Gasteiger partial charge in [-0.1, -0.05) is 0 Å². The fourth-order valence-corrected chi connectivity index (χ4v) is 2.43. The Kier molecular flexibility index (Phi) is 3.82. The molecule has 0 radical (unpaired) electrons. The zero-order valence-corrected chi connectivity index (χ0v) is 10.7. The maximum Gasteiger partial charge on any atom is 0.389 e. The van der Waals surface area contributed by atoms with Gasteiger partial charge < -0.3 is 9.47 Å². The Bertz CT molecular complexity index is 455. The molecule has 1 aliphatic rings. The lowest BCUT2D eigenvalue weighted by atomic mass is 9.94. The molecule has 0 spiro atoms. The van der Waals surface area contributed by atoms with Crippen LogP contribution >= 0.6 is 0 Å². The highest BCUT2D eigenvalue weighted by atomic mass is 19.4. The van der Waals surface area contributed by atoms with Crippen molar-refractivity contribution in [3.8, 4) is 0 Å². The Morgan fingerprint density at radius 3 is 2.84 bits per heavy atom. The molecular weight excluding hydrogens is 259 g/mol. The highest BCUT2D eigenvalue weighted by molar-refractivity contribution is 5.92. The van der Waals surface area contributed by atoms with Gasteiger partial charge in [0.1, 0.15) is 5.69 Å². The van der Waals surface area contributed by atoms with Crippen LogP contribution in [-0.2, 0) is 7.05 Å². The molecule has 7 heteroatoms. The molecule has 0 aliphatic carbocycles. The number of hydrogen-bond donors (Lipinski definition) is 0. The number of alkyl halides is 3. The first-order valence-electron chi connectivity index (χ1n) is 6.19. The third-order valence-electron chi connectivity index (χ3n) is 3.25. The third-order valence-corrected chi connectivity index (χ3v) is 3.25. The van der Waals surface area contributed by atoms with Gasteiger partial charge in [0.15, 0.2) is 0 Å². The number of nitrogens with zero attached hydrogens (tertiary/aromatic N) is 3. The predicted molar refractivity (Wildman–Crippen MR) is 62.5 cm³/mol. The van der Waals surface area contributed by atoms with Crippen molar-refractivity contribution in [3.63, 3.8) is 0 Å². The Balaban J connectivity index is 1.99. The van der Waals surface area contributed by atoms with Gasteiger partial charge in [0.05, 0.1) is 6.33 Å². The molecule has 1 fully saturated rings. The van der Waals surface area contributed by atoms with Crippen molar-refractivity contribution >= 4 is 5.91 Å². The molecule has 0 aromatic carbocycles. The van der Waals surface area contributed by atoms with Gasteiger partial charge in [-0.15, -0.1) is 0 Å². The minimum absolute atomic E-state index is 0.162. The monoisotopic (exact) mass is 275 g/mol. The van der Waals surface area contributed by atoms with E-state index < -0.39 is 18.5 Å². The number of hydrogen-bond acceptors (Lipinski definition) is 2. The zero-order chi connectivity index (χ0) is 14.0. The number of halogens is 3. The van der Waals surface area contributed by atoms with Crippen molar-refractivity contribution in [2.45, 2.75) is 25.4 Å². The van der Waals surface area contributed by atoms with Crippen molar-refractivity contribution in [3.05, 3.63) is 18.2 Å². The summed E-state index contributed by atoms with van der Waals surface area (Å²) in [5, 5.41) is 0. The maximum absolute atomic E-state index is 12.4. The minimum atomic E-state index is -4.16. The summed E-state index contributed by atoms with van der Waals surface area (Å²) in [5.41, 5.74) is 0.287. The number of imidazole rings is 1. The molecule has 19 heavy (non-hydrogen) atoms. The fourth-order valence-electron chi connectivity index (χ4n) is 2.43. The Morgan fingerprint density at radius 1 is 1.53 bits per heavy atom. The molecule has 0 N–H and O–H groups in total. The summed E-state index contributed by atoms with van der Waals surface area (Å²) in [7, 11) is 1.74. The van der Waals surface area contributed by atoms with E-state index in [-0.39, 0.29) is 18.1 Å². The van der Waals surface area contributed by atoms with Gasteiger partial charge in [-0.2, -0.15) is 13.2 Å². The molecule has 0 saturated carbocycles. The van der Waals surface area contributed by atoms with Crippen molar-refractivity contribution in [1.82, 2.24) is 14.5 Å². The first-order valence-corrected chi connectivity index (χ1v) is 6.19. The van der Waals surface area contributed by atoms with Crippen LogP contribution in [0.5, 0.6) is 0 Å². The van der Waals surface area contributed by atoms with Gasteiger partial charge in [-0.25, -0.2) is 4.98 Å². The largest absolute Gasteiger partial charge is 0.389 e. The molecule has 0 unspecified atom stereocenters. The van der Waals surface area contributed by atoms with Crippen LogP contribution < -0.4 is 0 Å². The van der Waals surface area contributed by atoms with Gasteiger partial charge in [0, 0.05) is 32.8 Å². The van der Waals surface area contributed by atoms with Crippen LogP contribution in [-0.4, -0.2) is 39.6 Å². The number of piperidine rings is 1. The van der Waals surface area contributed by atoms with Crippen molar-refractivity contribution in [2.75, 3.05) is 13.1 Å². The average molecular weight is 275 g/mol. The van der Waals surface area contributed by atoms with Crippen LogP contribution in [0.15, 0.2) is 12.5 Å². The molecule has 0 bridgehead atoms. The lowest BCUT2D eigenvalue weighted by molar-refractivity contribution is -0.147. The summed E-state index contributed by atoms with van der Waals surface area (Å²) in [6.07, 6.45) is -0.772. The second kappa shape index (κ2) is 5.22. The van der Waals surface area contributed by atoms with Gasteiger partial charge >= 0.3 is 6.18 Å². The quantitative estimate of drug-likeness (QED) is 0.830. The molecule has 1 aromatic rings. The second-order valence-electron chi connectivity index (χ2n) is 5.00. The molecule has 1 aromatic heterocycles. The molecule has 1 atom stereocenters. The summed E-state index contributed by atoms with van der Waals surface area (Å²) >= 11 is 0. The number of aryl methyl sites for hydroxylation is 1. The van der Waals surface area contributed by atoms with E-state index in [1.807, 2.05) is 0 Å². The average Bonchev–Trinajstić information content (AvgIpc) is 2.73. The van der Waals surface area contributed by atoms with Crippen molar-refractivity contribution in [1.29, 1.82) is 0 Å². The lowest BCUT2D eigenvalue weighted by Crippen LogP contribution is -2.41. The minimum Gasteiger partial charge on any atom is -0.340 e. The van der Waals surface area contributed by atoms with Gasteiger partial charge in [-0.3, -0.25) is 4.79 Å². The molecule has 1 saturated heterocycles. The van der Waals surface area contributed by atoms with Crippen molar-refractivity contribution < 1.29 is 18.0 Å². The highest BCUT2D eigenvalue weighted by Crippen LogP contribution is 2.30. The first-order chi connectivity index (χ1) is 8.85. The first kappa shape index (κ1) is 13.9. The zero-order valence-electron chi connectivity index (χ0n) is 10.7. The number of rotatable bonds is 2. The number of amides is 1. The maximum atomic E-state index is 12.4. The van der Waals surface area contributed by atoms with E-state index in [0.717, 1.165) is 0 Å². The summed E-state index contributed by atoms with van der Waals surface area (Å²) in [5.74, 6) is -0.783. The summed E-state index contributed by atoms with van der Waals surface area (Å²) in [6, 6.07) is 0. The van der Waals surface area contributed by atoms with Crippen LogP contribution in [0.1, 0.15) is 29.8 Å².